The fourth-order valence-corrected chi connectivity index (χ4v) is 1.52. The van der Waals surface area contributed by atoms with Gasteiger partial charge in [-0.25, -0.2) is 0 Å². The minimum Gasteiger partial charge on any atom is -0.302 e. The highest BCUT2D eigenvalue weighted by Crippen LogP contribution is 2.16. The second-order valence-corrected chi connectivity index (χ2v) is 3.81. The SMILES string of the molecule is CN(CC=O)Cc1ccccc1Br. The number of aldehydes is 1. The summed E-state index contributed by atoms with van der Waals surface area (Å²) in [6.45, 7) is 1.27. The second-order valence-electron chi connectivity index (χ2n) is 2.95. The number of carbonyl (C=O) groups is 1. The van der Waals surface area contributed by atoms with Gasteiger partial charge in [-0.2, -0.15) is 0 Å². The normalized spacial score (nSPS) is 10.4. The largest absolute Gasteiger partial charge is 0.302 e. The van der Waals surface area contributed by atoms with Crippen LogP contribution in [0.25, 0.3) is 0 Å². The maximum Gasteiger partial charge on any atom is 0.133 e. The third-order valence-corrected chi connectivity index (χ3v) is 2.56. The molecule has 0 saturated heterocycles. The van der Waals surface area contributed by atoms with Gasteiger partial charge in [-0.3, -0.25) is 4.90 Å². The molecule has 0 radical (unpaired) electrons. The van der Waals surface area contributed by atoms with E-state index in [2.05, 4.69) is 15.9 Å². The van der Waals surface area contributed by atoms with E-state index in [9.17, 15) is 4.79 Å². The second kappa shape index (κ2) is 5.14. The Morgan fingerprint density at radius 2 is 2.15 bits per heavy atom. The molecule has 0 amide bonds. The molecule has 3 heteroatoms. The quantitative estimate of drug-likeness (QED) is 0.753. The summed E-state index contributed by atoms with van der Waals surface area (Å²) in [6, 6.07) is 8.03. The van der Waals surface area contributed by atoms with E-state index < -0.39 is 0 Å². The Morgan fingerprint density at radius 3 is 2.77 bits per heavy atom. The molecule has 0 aliphatic heterocycles. The molecule has 1 rings (SSSR count). The van der Waals surface area contributed by atoms with E-state index >= 15 is 0 Å². The number of likely N-dealkylation sites (N-methyl/N-ethyl adjacent to an activating group) is 1. The smallest absolute Gasteiger partial charge is 0.133 e. The molecule has 0 saturated carbocycles. The summed E-state index contributed by atoms with van der Waals surface area (Å²) >= 11 is 3.46. The first-order chi connectivity index (χ1) is 6.24. The van der Waals surface area contributed by atoms with Crippen molar-refractivity contribution in [2.75, 3.05) is 13.6 Å². The minimum atomic E-state index is 0.474. The van der Waals surface area contributed by atoms with Crippen LogP contribution in [0, 0.1) is 0 Å². The van der Waals surface area contributed by atoms with Gasteiger partial charge in [-0.05, 0) is 18.7 Å². The molecular formula is C10H12BrNO. The van der Waals surface area contributed by atoms with Crippen LogP contribution in [0.2, 0.25) is 0 Å². The van der Waals surface area contributed by atoms with Gasteiger partial charge in [0.1, 0.15) is 6.29 Å². The number of hydrogen-bond donors (Lipinski definition) is 0. The Bertz CT molecular complexity index is 288. The summed E-state index contributed by atoms with van der Waals surface area (Å²) in [5, 5.41) is 0. The Hall–Kier alpha value is -0.670. The number of rotatable bonds is 4. The average molecular weight is 242 g/mol. The van der Waals surface area contributed by atoms with E-state index in [0.717, 1.165) is 17.3 Å². The van der Waals surface area contributed by atoms with Crippen LogP contribution >= 0.6 is 15.9 Å². The van der Waals surface area contributed by atoms with Crippen LogP contribution in [0.5, 0.6) is 0 Å². The van der Waals surface area contributed by atoms with E-state index in [1.54, 1.807) is 0 Å². The number of benzene rings is 1. The summed E-state index contributed by atoms with van der Waals surface area (Å²) in [7, 11) is 1.92. The summed E-state index contributed by atoms with van der Waals surface area (Å²) in [6.07, 6.45) is 0.914. The van der Waals surface area contributed by atoms with E-state index in [1.807, 2.05) is 36.2 Å². The number of nitrogens with zero attached hydrogens (tertiary/aromatic N) is 1. The molecule has 0 aromatic heterocycles. The van der Waals surface area contributed by atoms with Crippen LogP contribution in [0.15, 0.2) is 28.7 Å². The van der Waals surface area contributed by atoms with Crippen molar-refractivity contribution in [3.05, 3.63) is 34.3 Å². The summed E-state index contributed by atoms with van der Waals surface area (Å²) in [5.41, 5.74) is 1.20. The molecular weight excluding hydrogens is 230 g/mol. The van der Waals surface area contributed by atoms with Crippen molar-refractivity contribution in [2.45, 2.75) is 6.54 Å². The number of hydrogen-bond acceptors (Lipinski definition) is 2. The Balaban J connectivity index is 2.63. The lowest BCUT2D eigenvalue weighted by atomic mass is 10.2. The van der Waals surface area contributed by atoms with Crippen molar-refractivity contribution in [1.82, 2.24) is 4.90 Å². The van der Waals surface area contributed by atoms with Crippen molar-refractivity contribution in [1.29, 1.82) is 0 Å². The van der Waals surface area contributed by atoms with Crippen molar-refractivity contribution < 1.29 is 4.79 Å². The van der Waals surface area contributed by atoms with Gasteiger partial charge in [0, 0.05) is 11.0 Å². The van der Waals surface area contributed by atoms with Crippen molar-refractivity contribution in [3.63, 3.8) is 0 Å². The Labute approximate surface area is 86.7 Å². The van der Waals surface area contributed by atoms with Crippen LogP contribution in [-0.4, -0.2) is 24.8 Å². The fraction of sp³-hybridized carbons (Fsp3) is 0.300. The molecule has 2 nitrogen and oxygen atoms in total. The van der Waals surface area contributed by atoms with Gasteiger partial charge in [0.2, 0.25) is 0 Å². The number of halogens is 1. The van der Waals surface area contributed by atoms with Crippen LogP contribution in [-0.2, 0) is 11.3 Å². The first-order valence-electron chi connectivity index (χ1n) is 4.09. The molecule has 0 unspecified atom stereocenters. The highest BCUT2D eigenvalue weighted by molar-refractivity contribution is 9.10. The molecule has 0 heterocycles. The molecule has 0 aliphatic carbocycles. The summed E-state index contributed by atoms with van der Waals surface area (Å²) < 4.78 is 1.09. The van der Waals surface area contributed by atoms with Gasteiger partial charge in [0.15, 0.2) is 0 Å². The molecule has 1 aromatic rings. The highest BCUT2D eigenvalue weighted by Gasteiger charge is 2.01. The summed E-state index contributed by atoms with van der Waals surface area (Å²) in [4.78, 5) is 12.2. The molecule has 0 fully saturated rings. The zero-order valence-electron chi connectivity index (χ0n) is 7.53. The molecule has 0 atom stereocenters. The Morgan fingerprint density at radius 1 is 1.46 bits per heavy atom. The van der Waals surface area contributed by atoms with Crippen LogP contribution < -0.4 is 0 Å². The van der Waals surface area contributed by atoms with E-state index in [4.69, 9.17) is 0 Å². The van der Waals surface area contributed by atoms with Gasteiger partial charge in [-0.15, -0.1) is 0 Å². The molecule has 70 valence electrons. The lowest BCUT2D eigenvalue weighted by Crippen LogP contribution is -2.19. The van der Waals surface area contributed by atoms with Gasteiger partial charge in [0.25, 0.3) is 0 Å². The lowest BCUT2D eigenvalue weighted by molar-refractivity contribution is -0.108. The predicted octanol–water partition coefficient (Wildman–Crippen LogP) is 2.08. The third-order valence-electron chi connectivity index (χ3n) is 1.78. The van der Waals surface area contributed by atoms with Gasteiger partial charge < -0.3 is 4.79 Å². The lowest BCUT2D eigenvalue weighted by Gasteiger charge is -2.13. The van der Waals surface area contributed by atoms with Crippen LogP contribution in [0.3, 0.4) is 0 Å². The molecule has 1 aromatic carbocycles. The van der Waals surface area contributed by atoms with Gasteiger partial charge in [-0.1, -0.05) is 34.1 Å². The molecule has 0 spiro atoms. The fourth-order valence-electron chi connectivity index (χ4n) is 1.11. The highest BCUT2D eigenvalue weighted by atomic mass is 79.9. The standard InChI is InChI=1S/C10H12BrNO/c1-12(6-7-13)8-9-4-2-3-5-10(9)11/h2-5,7H,6,8H2,1H3. The summed E-state index contributed by atoms with van der Waals surface area (Å²) in [5.74, 6) is 0. The van der Waals surface area contributed by atoms with E-state index in [0.29, 0.717) is 6.54 Å². The van der Waals surface area contributed by atoms with Crippen molar-refractivity contribution >= 4 is 22.2 Å². The van der Waals surface area contributed by atoms with Crippen LogP contribution in [0.1, 0.15) is 5.56 Å². The topological polar surface area (TPSA) is 20.3 Å². The average Bonchev–Trinajstić information content (AvgIpc) is 2.09. The maximum atomic E-state index is 10.2. The van der Waals surface area contributed by atoms with E-state index in [-0.39, 0.29) is 0 Å². The zero-order valence-corrected chi connectivity index (χ0v) is 9.12. The molecule has 0 bridgehead atoms. The monoisotopic (exact) mass is 241 g/mol. The maximum absolute atomic E-state index is 10.2. The first-order valence-corrected chi connectivity index (χ1v) is 4.89. The zero-order chi connectivity index (χ0) is 9.68. The molecule has 0 aliphatic rings. The van der Waals surface area contributed by atoms with Gasteiger partial charge >= 0.3 is 0 Å². The first kappa shape index (κ1) is 10.4. The van der Waals surface area contributed by atoms with Gasteiger partial charge in [0.05, 0.1) is 6.54 Å². The van der Waals surface area contributed by atoms with Crippen molar-refractivity contribution in [2.24, 2.45) is 0 Å². The third kappa shape index (κ3) is 3.28. The van der Waals surface area contributed by atoms with Crippen LogP contribution in [0.4, 0.5) is 0 Å². The van der Waals surface area contributed by atoms with Crippen molar-refractivity contribution in [3.8, 4) is 0 Å². The minimum absolute atomic E-state index is 0.474. The Kier molecular flexibility index (Phi) is 4.12. The molecule has 0 N–H and O–H groups in total. The number of carbonyl (C=O) groups excluding carboxylic acids is 1. The molecule has 13 heavy (non-hydrogen) atoms. The predicted molar refractivity (Wildman–Crippen MR) is 56.5 cm³/mol. The van der Waals surface area contributed by atoms with E-state index in [1.165, 1.54) is 5.56 Å².